The molecule has 0 saturated carbocycles. The van der Waals surface area contributed by atoms with E-state index in [0.29, 0.717) is 38.8 Å². The first-order valence-corrected chi connectivity index (χ1v) is 12.5. The molecule has 0 aliphatic carbocycles. The van der Waals surface area contributed by atoms with E-state index in [4.69, 9.17) is 47.0 Å². The second kappa shape index (κ2) is 10.8. The van der Waals surface area contributed by atoms with Crippen molar-refractivity contribution in [2.45, 2.75) is 26.9 Å². The number of anilines is 1. The van der Waals surface area contributed by atoms with Crippen LogP contribution in [0.5, 0.6) is 0 Å². The molecule has 1 aliphatic heterocycles. The van der Waals surface area contributed by atoms with Crippen molar-refractivity contribution in [1.82, 2.24) is 19.6 Å². The summed E-state index contributed by atoms with van der Waals surface area (Å²) >= 11 is 24.1. The largest absolute Gasteiger partial charge is 0.346 e. The van der Waals surface area contributed by atoms with Crippen molar-refractivity contribution in [3.05, 3.63) is 79.8 Å². The summed E-state index contributed by atoms with van der Waals surface area (Å²) in [6.07, 6.45) is 0. The lowest BCUT2D eigenvalue weighted by atomic mass is 10.2. The molecule has 10 heteroatoms. The SMILES string of the molecule is Cc1nn(Cc2ccc(Cl)c(Cl)c2)c(C)c1NC(=S)N1CCN(Cc2c(F)cccc2Cl)CC1. The molecule has 1 fully saturated rings. The smallest absolute Gasteiger partial charge is 0.173 e. The molecule has 4 rings (SSSR count). The van der Waals surface area contributed by atoms with Crippen LogP contribution in [-0.2, 0) is 13.1 Å². The Morgan fingerprint density at radius 1 is 1.00 bits per heavy atom. The molecule has 1 N–H and O–H groups in total. The Kier molecular flexibility index (Phi) is 8.00. The lowest BCUT2D eigenvalue weighted by Gasteiger charge is -2.36. The number of nitrogens with one attached hydrogen (secondary N) is 1. The van der Waals surface area contributed by atoms with Crippen LogP contribution in [0.15, 0.2) is 36.4 Å². The molecule has 0 atom stereocenters. The molecule has 1 aliphatic rings. The predicted molar refractivity (Wildman–Crippen MR) is 142 cm³/mol. The summed E-state index contributed by atoms with van der Waals surface area (Å²) in [6, 6.07) is 10.4. The highest BCUT2D eigenvalue weighted by Crippen LogP contribution is 2.26. The first-order valence-electron chi connectivity index (χ1n) is 10.9. The fourth-order valence-electron chi connectivity index (χ4n) is 4.04. The number of benzene rings is 2. The van der Waals surface area contributed by atoms with E-state index in [0.717, 1.165) is 48.8 Å². The number of hydrogen-bond donors (Lipinski definition) is 1. The fourth-order valence-corrected chi connectivity index (χ4v) is 4.87. The Morgan fingerprint density at radius 3 is 2.41 bits per heavy atom. The number of thiocarbonyl (C=S) groups is 1. The summed E-state index contributed by atoms with van der Waals surface area (Å²) < 4.78 is 16.1. The van der Waals surface area contributed by atoms with Gasteiger partial charge in [0.2, 0.25) is 0 Å². The Bertz CT molecular complexity index is 1190. The number of rotatable bonds is 5. The van der Waals surface area contributed by atoms with Crippen LogP contribution >= 0.6 is 47.0 Å². The average molecular weight is 541 g/mol. The molecule has 0 spiro atoms. The number of aryl methyl sites for hydroxylation is 1. The highest BCUT2D eigenvalue weighted by molar-refractivity contribution is 7.80. The van der Waals surface area contributed by atoms with Crippen LogP contribution in [0.1, 0.15) is 22.5 Å². The minimum atomic E-state index is -0.268. The van der Waals surface area contributed by atoms with Crippen LogP contribution < -0.4 is 5.32 Å². The van der Waals surface area contributed by atoms with E-state index < -0.39 is 0 Å². The maximum Gasteiger partial charge on any atom is 0.173 e. The highest BCUT2D eigenvalue weighted by atomic mass is 35.5. The van der Waals surface area contributed by atoms with E-state index in [9.17, 15) is 4.39 Å². The zero-order valence-corrected chi connectivity index (χ0v) is 22.0. The molecular weight excluding hydrogens is 516 g/mol. The predicted octanol–water partition coefficient (Wildman–Crippen LogP) is 6.16. The first kappa shape index (κ1) is 25.2. The van der Waals surface area contributed by atoms with Crippen LogP contribution in [0.4, 0.5) is 10.1 Å². The molecule has 1 saturated heterocycles. The van der Waals surface area contributed by atoms with Gasteiger partial charge < -0.3 is 10.2 Å². The van der Waals surface area contributed by atoms with Crippen LogP contribution in [-0.4, -0.2) is 50.9 Å². The van der Waals surface area contributed by atoms with Gasteiger partial charge in [-0.25, -0.2) is 4.39 Å². The third kappa shape index (κ3) is 5.66. The Hall–Kier alpha value is -1.90. The van der Waals surface area contributed by atoms with Crippen LogP contribution in [0, 0.1) is 19.7 Å². The van der Waals surface area contributed by atoms with Crippen molar-refractivity contribution in [3.63, 3.8) is 0 Å². The molecule has 5 nitrogen and oxygen atoms in total. The number of aromatic nitrogens is 2. The van der Waals surface area contributed by atoms with Crippen molar-refractivity contribution < 1.29 is 4.39 Å². The van der Waals surface area contributed by atoms with Gasteiger partial charge in [0.1, 0.15) is 5.82 Å². The van der Waals surface area contributed by atoms with Crippen LogP contribution in [0.25, 0.3) is 0 Å². The number of nitrogens with zero attached hydrogens (tertiary/aromatic N) is 4. The Labute approximate surface area is 219 Å². The third-order valence-corrected chi connectivity index (χ3v) is 7.49. The molecule has 0 amide bonds. The molecular formula is C24H25Cl3FN5S. The number of piperazine rings is 1. The maximum atomic E-state index is 14.1. The summed E-state index contributed by atoms with van der Waals surface area (Å²) in [6.45, 7) is 8.05. The van der Waals surface area contributed by atoms with E-state index in [1.54, 1.807) is 18.2 Å². The fraction of sp³-hybridized carbons (Fsp3) is 0.333. The van der Waals surface area contributed by atoms with Crippen LogP contribution in [0.3, 0.4) is 0 Å². The molecule has 0 unspecified atom stereocenters. The lowest BCUT2D eigenvalue weighted by molar-refractivity contribution is 0.175. The van der Waals surface area contributed by atoms with E-state index in [1.807, 2.05) is 30.7 Å². The van der Waals surface area contributed by atoms with E-state index in [1.165, 1.54) is 6.07 Å². The molecule has 34 heavy (non-hydrogen) atoms. The van der Waals surface area contributed by atoms with E-state index >= 15 is 0 Å². The van der Waals surface area contributed by atoms with Gasteiger partial charge in [-0.1, -0.05) is 46.9 Å². The Balaban J connectivity index is 1.36. The van der Waals surface area contributed by atoms with Crippen molar-refractivity contribution in [3.8, 4) is 0 Å². The van der Waals surface area contributed by atoms with Crippen molar-refractivity contribution in [1.29, 1.82) is 0 Å². The summed E-state index contributed by atoms with van der Waals surface area (Å²) in [5.74, 6) is -0.268. The normalized spacial score (nSPS) is 14.5. The van der Waals surface area contributed by atoms with Crippen molar-refractivity contribution >= 4 is 57.8 Å². The number of halogens is 4. The standard InChI is InChI=1S/C24H25Cl3FN5S/c1-15-23(16(2)33(30-15)13-17-6-7-20(26)21(27)12-17)29-24(34)32-10-8-31(9-11-32)14-18-19(25)4-3-5-22(18)28/h3-7,12H,8-11,13-14H2,1-2H3,(H,29,34). The summed E-state index contributed by atoms with van der Waals surface area (Å²) in [5.41, 5.74) is 4.32. The van der Waals surface area contributed by atoms with Crippen molar-refractivity contribution in [2.24, 2.45) is 0 Å². The molecule has 3 aromatic rings. The maximum absolute atomic E-state index is 14.1. The Morgan fingerprint density at radius 2 is 1.74 bits per heavy atom. The molecule has 0 bridgehead atoms. The van der Waals surface area contributed by atoms with Gasteiger partial charge in [-0.15, -0.1) is 0 Å². The quantitative estimate of drug-likeness (QED) is 0.392. The van der Waals surface area contributed by atoms with Gasteiger partial charge >= 0.3 is 0 Å². The molecule has 0 radical (unpaired) electrons. The van der Waals surface area contributed by atoms with Crippen LogP contribution in [0.2, 0.25) is 15.1 Å². The summed E-state index contributed by atoms with van der Waals surface area (Å²) in [4.78, 5) is 4.32. The van der Waals surface area contributed by atoms with Gasteiger partial charge in [-0.2, -0.15) is 5.10 Å². The minimum Gasteiger partial charge on any atom is -0.346 e. The lowest BCUT2D eigenvalue weighted by Crippen LogP contribution is -2.49. The zero-order chi connectivity index (χ0) is 24.4. The highest BCUT2D eigenvalue weighted by Gasteiger charge is 2.22. The molecule has 1 aromatic heterocycles. The van der Waals surface area contributed by atoms with Gasteiger partial charge in [0.25, 0.3) is 0 Å². The van der Waals surface area contributed by atoms with E-state index in [-0.39, 0.29) is 5.82 Å². The summed E-state index contributed by atoms with van der Waals surface area (Å²) in [5, 5.41) is 10.2. The van der Waals surface area contributed by atoms with Gasteiger partial charge in [0, 0.05) is 43.3 Å². The monoisotopic (exact) mass is 539 g/mol. The zero-order valence-electron chi connectivity index (χ0n) is 18.9. The van der Waals surface area contributed by atoms with E-state index in [2.05, 4.69) is 20.2 Å². The first-order chi connectivity index (χ1) is 16.2. The molecule has 2 aromatic carbocycles. The second-order valence-corrected chi connectivity index (χ2v) is 9.95. The summed E-state index contributed by atoms with van der Waals surface area (Å²) in [7, 11) is 0. The molecule has 180 valence electrons. The van der Waals surface area contributed by atoms with Crippen molar-refractivity contribution in [2.75, 3.05) is 31.5 Å². The second-order valence-electron chi connectivity index (χ2n) is 8.35. The number of hydrogen-bond acceptors (Lipinski definition) is 3. The van der Waals surface area contributed by atoms with Gasteiger partial charge in [0.05, 0.1) is 33.7 Å². The third-order valence-electron chi connectivity index (χ3n) is 6.03. The topological polar surface area (TPSA) is 36.3 Å². The molecule has 2 heterocycles. The van der Waals surface area contributed by atoms with Gasteiger partial charge in [-0.3, -0.25) is 9.58 Å². The average Bonchev–Trinajstić information content (AvgIpc) is 3.06. The van der Waals surface area contributed by atoms with Gasteiger partial charge in [0.15, 0.2) is 5.11 Å². The van der Waals surface area contributed by atoms with Gasteiger partial charge in [-0.05, 0) is 55.9 Å². The minimum absolute atomic E-state index is 0.268.